The van der Waals surface area contributed by atoms with Crippen LogP contribution in [0.25, 0.3) is 0 Å². The lowest BCUT2D eigenvalue weighted by atomic mass is 10.0. The Labute approximate surface area is 83.7 Å². The molecule has 0 aliphatic carbocycles. The average molecular weight is 192 g/mol. The van der Waals surface area contributed by atoms with Crippen molar-refractivity contribution in [2.45, 2.75) is 25.8 Å². The first-order valence-electron chi connectivity index (χ1n) is 4.96. The SMILES string of the molecule is [NH]Cc1cccc2c1OOCCCC2. The summed E-state index contributed by atoms with van der Waals surface area (Å²) in [4.78, 5) is 10.3. The maximum Gasteiger partial charge on any atom is 0.173 e. The van der Waals surface area contributed by atoms with E-state index in [9.17, 15) is 0 Å². The van der Waals surface area contributed by atoms with E-state index in [-0.39, 0.29) is 6.54 Å². The molecule has 75 valence electrons. The van der Waals surface area contributed by atoms with Crippen molar-refractivity contribution in [3.63, 3.8) is 0 Å². The lowest BCUT2D eigenvalue weighted by Gasteiger charge is -2.16. The van der Waals surface area contributed by atoms with E-state index in [2.05, 4.69) is 0 Å². The zero-order valence-electron chi connectivity index (χ0n) is 8.08. The van der Waals surface area contributed by atoms with Crippen molar-refractivity contribution in [2.24, 2.45) is 0 Å². The molecule has 1 aromatic rings. The van der Waals surface area contributed by atoms with Crippen LogP contribution in [0.5, 0.6) is 5.75 Å². The maximum absolute atomic E-state index is 7.37. The normalized spacial score (nSPS) is 16.4. The van der Waals surface area contributed by atoms with Gasteiger partial charge in [-0.2, -0.15) is 4.89 Å². The molecule has 0 fully saturated rings. The van der Waals surface area contributed by atoms with Crippen LogP contribution in [-0.2, 0) is 17.9 Å². The number of hydrogen-bond donors (Lipinski definition) is 0. The number of benzene rings is 1. The van der Waals surface area contributed by atoms with Crippen molar-refractivity contribution in [1.82, 2.24) is 5.73 Å². The van der Waals surface area contributed by atoms with Gasteiger partial charge in [0.25, 0.3) is 0 Å². The third-order valence-electron chi connectivity index (χ3n) is 2.43. The minimum Gasteiger partial charge on any atom is -0.337 e. The van der Waals surface area contributed by atoms with E-state index in [1.165, 1.54) is 0 Å². The Hall–Kier alpha value is -1.06. The molecule has 0 amide bonds. The second kappa shape index (κ2) is 4.44. The third-order valence-corrected chi connectivity index (χ3v) is 2.43. The third kappa shape index (κ3) is 1.89. The zero-order chi connectivity index (χ0) is 9.80. The van der Waals surface area contributed by atoms with Crippen LogP contribution in [0.4, 0.5) is 0 Å². The molecule has 1 N–H and O–H groups in total. The molecule has 0 atom stereocenters. The first kappa shape index (κ1) is 9.49. The summed E-state index contributed by atoms with van der Waals surface area (Å²) in [6.45, 7) is 0.887. The minimum absolute atomic E-state index is 0.243. The molecule has 1 radical (unpaired) electrons. The largest absolute Gasteiger partial charge is 0.337 e. The minimum atomic E-state index is 0.243. The Morgan fingerprint density at radius 3 is 3.07 bits per heavy atom. The summed E-state index contributed by atoms with van der Waals surface area (Å²) in [6, 6.07) is 5.94. The van der Waals surface area contributed by atoms with E-state index >= 15 is 0 Å². The number of hydrogen-bond acceptors (Lipinski definition) is 2. The highest BCUT2D eigenvalue weighted by Gasteiger charge is 2.12. The van der Waals surface area contributed by atoms with Crippen molar-refractivity contribution >= 4 is 0 Å². The Kier molecular flexibility index (Phi) is 3.01. The molecule has 1 aromatic carbocycles. The van der Waals surface area contributed by atoms with Crippen LogP contribution in [0.2, 0.25) is 0 Å². The molecule has 3 heteroatoms. The standard InChI is InChI=1S/C11H14NO2/c12-8-10-6-3-5-9-4-1-2-7-13-14-11(9)10/h3,5-6,12H,1-2,4,7-8H2. The van der Waals surface area contributed by atoms with Crippen molar-refractivity contribution < 1.29 is 9.78 Å². The zero-order valence-corrected chi connectivity index (χ0v) is 8.08. The highest BCUT2D eigenvalue weighted by Crippen LogP contribution is 2.27. The van der Waals surface area contributed by atoms with Gasteiger partial charge in [-0.05, 0) is 24.8 Å². The van der Waals surface area contributed by atoms with Crippen molar-refractivity contribution in [2.75, 3.05) is 6.61 Å². The topological polar surface area (TPSA) is 42.3 Å². The van der Waals surface area contributed by atoms with Gasteiger partial charge in [-0.3, -0.25) is 5.73 Å². The summed E-state index contributed by atoms with van der Waals surface area (Å²) in [5.41, 5.74) is 9.44. The number of nitrogens with one attached hydrogen (secondary N) is 1. The summed E-state index contributed by atoms with van der Waals surface area (Å²) >= 11 is 0. The maximum atomic E-state index is 7.37. The van der Waals surface area contributed by atoms with Crippen molar-refractivity contribution in [1.29, 1.82) is 0 Å². The summed E-state index contributed by atoms with van der Waals surface area (Å²) in [5, 5.41) is 0. The Morgan fingerprint density at radius 2 is 2.21 bits per heavy atom. The van der Waals surface area contributed by atoms with E-state index in [4.69, 9.17) is 15.5 Å². The van der Waals surface area contributed by atoms with Crippen molar-refractivity contribution in [3.05, 3.63) is 29.3 Å². The summed E-state index contributed by atoms with van der Waals surface area (Å²) in [6.07, 6.45) is 3.18. The molecule has 0 saturated carbocycles. The Morgan fingerprint density at radius 1 is 1.29 bits per heavy atom. The molecule has 14 heavy (non-hydrogen) atoms. The van der Waals surface area contributed by atoms with E-state index in [1.807, 2.05) is 18.2 Å². The molecule has 1 aliphatic heterocycles. The molecule has 0 bridgehead atoms. The molecule has 0 spiro atoms. The average Bonchev–Trinajstić information content (AvgIpc) is 2.18. The van der Waals surface area contributed by atoms with Crippen LogP contribution in [0, 0.1) is 0 Å². The van der Waals surface area contributed by atoms with E-state index in [1.54, 1.807) is 0 Å². The fourth-order valence-electron chi connectivity index (χ4n) is 1.66. The van der Waals surface area contributed by atoms with E-state index < -0.39 is 0 Å². The summed E-state index contributed by atoms with van der Waals surface area (Å²) in [5.74, 6) is 0.766. The number of fused-ring (bicyclic) bond motifs is 1. The van der Waals surface area contributed by atoms with E-state index in [0.29, 0.717) is 6.61 Å². The highest BCUT2D eigenvalue weighted by molar-refractivity contribution is 5.41. The van der Waals surface area contributed by atoms with Gasteiger partial charge in [0.1, 0.15) is 0 Å². The van der Waals surface area contributed by atoms with Crippen LogP contribution < -0.4 is 10.6 Å². The molecule has 0 aromatic heterocycles. The first-order valence-corrected chi connectivity index (χ1v) is 4.96. The van der Waals surface area contributed by atoms with Crippen LogP contribution in [0.1, 0.15) is 24.0 Å². The van der Waals surface area contributed by atoms with Crippen LogP contribution >= 0.6 is 0 Å². The Balaban J connectivity index is 2.33. The summed E-state index contributed by atoms with van der Waals surface area (Å²) < 4.78 is 0. The van der Waals surface area contributed by atoms with Gasteiger partial charge in [0, 0.05) is 12.1 Å². The fourth-order valence-corrected chi connectivity index (χ4v) is 1.66. The van der Waals surface area contributed by atoms with Gasteiger partial charge in [0.05, 0.1) is 6.61 Å². The molecule has 3 nitrogen and oxygen atoms in total. The smallest absolute Gasteiger partial charge is 0.173 e. The summed E-state index contributed by atoms with van der Waals surface area (Å²) in [7, 11) is 0. The second-order valence-electron chi connectivity index (χ2n) is 3.44. The number of para-hydroxylation sites is 1. The van der Waals surface area contributed by atoms with Crippen molar-refractivity contribution in [3.8, 4) is 5.75 Å². The lowest BCUT2D eigenvalue weighted by molar-refractivity contribution is -0.210. The number of aryl methyl sites for hydroxylation is 1. The number of rotatable bonds is 1. The quantitative estimate of drug-likeness (QED) is 0.639. The highest BCUT2D eigenvalue weighted by atomic mass is 17.2. The van der Waals surface area contributed by atoms with Gasteiger partial charge in [-0.1, -0.05) is 18.2 Å². The van der Waals surface area contributed by atoms with E-state index in [0.717, 1.165) is 36.1 Å². The molecule has 1 heterocycles. The van der Waals surface area contributed by atoms with Crippen LogP contribution in [-0.4, -0.2) is 6.61 Å². The molecular weight excluding hydrogens is 178 g/mol. The monoisotopic (exact) mass is 192 g/mol. The molecular formula is C11H14NO2. The van der Waals surface area contributed by atoms with Gasteiger partial charge < -0.3 is 4.89 Å². The van der Waals surface area contributed by atoms with Gasteiger partial charge in [0.15, 0.2) is 5.75 Å². The predicted octanol–water partition coefficient (Wildman–Crippen LogP) is 2.12. The Bertz CT molecular complexity index is 312. The molecule has 0 unspecified atom stereocenters. The van der Waals surface area contributed by atoms with Crippen LogP contribution in [0.15, 0.2) is 18.2 Å². The van der Waals surface area contributed by atoms with Gasteiger partial charge in [-0.15, -0.1) is 0 Å². The van der Waals surface area contributed by atoms with Crippen LogP contribution in [0.3, 0.4) is 0 Å². The first-order chi connectivity index (χ1) is 6.92. The molecule has 0 saturated heterocycles. The van der Waals surface area contributed by atoms with Gasteiger partial charge >= 0.3 is 0 Å². The lowest BCUT2D eigenvalue weighted by Crippen LogP contribution is -2.08. The van der Waals surface area contributed by atoms with Gasteiger partial charge in [0.2, 0.25) is 0 Å². The molecule has 2 rings (SSSR count). The molecule has 1 aliphatic rings. The fraction of sp³-hybridized carbons (Fsp3) is 0.455. The van der Waals surface area contributed by atoms with Gasteiger partial charge in [-0.25, -0.2) is 0 Å². The second-order valence-corrected chi connectivity index (χ2v) is 3.44. The predicted molar refractivity (Wildman–Crippen MR) is 52.8 cm³/mol.